The van der Waals surface area contributed by atoms with Gasteiger partial charge in [-0.25, -0.2) is 4.98 Å². The van der Waals surface area contributed by atoms with Crippen LogP contribution >= 0.6 is 0 Å². The Morgan fingerprint density at radius 1 is 1.62 bits per heavy atom. The lowest BCUT2D eigenvalue weighted by Gasteiger charge is -2.02. The highest BCUT2D eigenvalue weighted by Gasteiger charge is 2.07. The van der Waals surface area contributed by atoms with E-state index in [0.717, 1.165) is 0 Å². The molecule has 13 heavy (non-hydrogen) atoms. The Morgan fingerprint density at radius 3 is 2.85 bits per heavy atom. The van der Waals surface area contributed by atoms with Crippen LogP contribution in [0.3, 0.4) is 0 Å². The summed E-state index contributed by atoms with van der Waals surface area (Å²) >= 11 is 0. The molecule has 0 saturated carbocycles. The van der Waals surface area contributed by atoms with Crippen LogP contribution in [-0.2, 0) is 0 Å². The molecule has 1 aromatic rings. The van der Waals surface area contributed by atoms with E-state index in [1.807, 2.05) is 6.92 Å². The molecule has 0 unspecified atom stereocenters. The molecule has 0 atom stereocenters. The fourth-order valence-electron chi connectivity index (χ4n) is 1.03. The summed E-state index contributed by atoms with van der Waals surface area (Å²) in [5.41, 5.74) is 0.716. The van der Waals surface area contributed by atoms with Crippen molar-refractivity contribution in [1.82, 2.24) is 4.98 Å². The van der Waals surface area contributed by atoms with E-state index < -0.39 is 4.92 Å². The normalized spacial score (nSPS) is 9.69. The molecule has 1 aromatic heterocycles. The molecular formula is C8H11N3O2. The van der Waals surface area contributed by atoms with E-state index in [1.165, 1.54) is 12.1 Å². The molecule has 70 valence electrons. The molecule has 0 aliphatic carbocycles. The van der Waals surface area contributed by atoms with Gasteiger partial charge in [0.1, 0.15) is 5.82 Å². The van der Waals surface area contributed by atoms with Crippen LogP contribution < -0.4 is 5.32 Å². The van der Waals surface area contributed by atoms with Gasteiger partial charge < -0.3 is 5.32 Å². The molecule has 1 N–H and O–H groups in total. The van der Waals surface area contributed by atoms with Gasteiger partial charge in [-0.1, -0.05) is 0 Å². The van der Waals surface area contributed by atoms with Crippen molar-refractivity contribution < 1.29 is 4.92 Å². The molecule has 0 bridgehead atoms. The Kier molecular flexibility index (Phi) is 2.79. The molecule has 5 nitrogen and oxygen atoms in total. The Bertz CT molecular complexity index is 325. The van der Waals surface area contributed by atoms with E-state index in [0.29, 0.717) is 18.1 Å². The summed E-state index contributed by atoms with van der Waals surface area (Å²) in [4.78, 5) is 14.1. The Balaban J connectivity index is 3.03. The maximum atomic E-state index is 10.5. The third kappa shape index (κ3) is 2.40. The van der Waals surface area contributed by atoms with Crippen molar-refractivity contribution in [2.24, 2.45) is 0 Å². The summed E-state index contributed by atoms with van der Waals surface area (Å²) < 4.78 is 0. The van der Waals surface area contributed by atoms with Crippen LogP contribution in [-0.4, -0.2) is 16.5 Å². The summed E-state index contributed by atoms with van der Waals surface area (Å²) in [7, 11) is 0. The first-order chi connectivity index (χ1) is 6.13. The molecule has 0 amide bonds. The smallest absolute Gasteiger partial charge is 0.274 e. The minimum Gasteiger partial charge on any atom is -0.370 e. The highest BCUT2D eigenvalue weighted by molar-refractivity contribution is 5.46. The minimum atomic E-state index is -0.421. The number of hydrogen-bond acceptors (Lipinski definition) is 4. The third-order valence-electron chi connectivity index (χ3n) is 1.51. The fraction of sp³-hybridized carbons (Fsp3) is 0.375. The number of aryl methyl sites for hydroxylation is 1. The molecule has 1 heterocycles. The number of rotatable bonds is 3. The lowest BCUT2D eigenvalue weighted by atomic mass is 10.3. The first-order valence-electron chi connectivity index (χ1n) is 4.00. The Morgan fingerprint density at radius 2 is 2.31 bits per heavy atom. The monoisotopic (exact) mass is 181 g/mol. The van der Waals surface area contributed by atoms with Crippen LogP contribution in [0.5, 0.6) is 0 Å². The first-order valence-corrected chi connectivity index (χ1v) is 4.00. The summed E-state index contributed by atoms with van der Waals surface area (Å²) in [6.45, 7) is 4.34. The molecule has 5 heteroatoms. The molecule has 0 spiro atoms. The summed E-state index contributed by atoms with van der Waals surface area (Å²) in [5, 5.41) is 13.4. The van der Waals surface area contributed by atoms with Gasteiger partial charge in [-0.3, -0.25) is 10.1 Å². The van der Waals surface area contributed by atoms with Crippen LogP contribution in [0.25, 0.3) is 0 Å². The van der Waals surface area contributed by atoms with E-state index in [9.17, 15) is 10.1 Å². The fourth-order valence-corrected chi connectivity index (χ4v) is 1.03. The second-order valence-corrected chi connectivity index (χ2v) is 2.64. The largest absolute Gasteiger partial charge is 0.370 e. The molecule has 0 aliphatic heterocycles. The van der Waals surface area contributed by atoms with Gasteiger partial charge in [-0.05, 0) is 13.8 Å². The molecule has 0 radical (unpaired) electrons. The first kappa shape index (κ1) is 9.44. The van der Waals surface area contributed by atoms with Crippen LogP contribution in [0, 0.1) is 17.0 Å². The Labute approximate surface area is 75.9 Å². The van der Waals surface area contributed by atoms with Crippen molar-refractivity contribution in [3.63, 3.8) is 0 Å². The van der Waals surface area contributed by atoms with E-state index in [2.05, 4.69) is 10.3 Å². The lowest BCUT2D eigenvalue weighted by Crippen LogP contribution is -2.01. The van der Waals surface area contributed by atoms with Crippen molar-refractivity contribution in [1.29, 1.82) is 0 Å². The number of nitro groups is 1. The van der Waals surface area contributed by atoms with Crippen molar-refractivity contribution in [2.45, 2.75) is 13.8 Å². The van der Waals surface area contributed by atoms with Gasteiger partial charge in [0.25, 0.3) is 5.69 Å². The summed E-state index contributed by atoms with van der Waals surface area (Å²) in [6.07, 6.45) is 0. The topological polar surface area (TPSA) is 68.1 Å². The van der Waals surface area contributed by atoms with Crippen LogP contribution in [0.15, 0.2) is 12.1 Å². The summed E-state index contributed by atoms with van der Waals surface area (Å²) in [5.74, 6) is 0.550. The van der Waals surface area contributed by atoms with Crippen LogP contribution in [0.4, 0.5) is 11.5 Å². The van der Waals surface area contributed by atoms with E-state index >= 15 is 0 Å². The van der Waals surface area contributed by atoms with Gasteiger partial charge >= 0.3 is 0 Å². The minimum absolute atomic E-state index is 0.0726. The van der Waals surface area contributed by atoms with Crippen molar-refractivity contribution >= 4 is 11.5 Å². The van der Waals surface area contributed by atoms with Crippen molar-refractivity contribution in [2.75, 3.05) is 11.9 Å². The number of nitrogens with one attached hydrogen (secondary N) is 1. The average molecular weight is 181 g/mol. The number of aromatic nitrogens is 1. The van der Waals surface area contributed by atoms with E-state index in [4.69, 9.17) is 0 Å². The van der Waals surface area contributed by atoms with Gasteiger partial charge in [0.05, 0.1) is 11.0 Å². The summed E-state index contributed by atoms with van der Waals surface area (Å²) in [6, 6.07) is 2.87. The predicted octanol–water partition coefficient (Wildman–Crippen LogP) is 1.73. The van der Waals surface area contributed by atoms with Crippen molar-refractivity contribution in [3.05, 3.63) is 27.9 Å². The number of pyridine rings is 1. The number of nitrogens with zero attached hydrogens (tertiary/aromatic N) is 2. The predicted molar refractivity (Wildman–Crippen MR) is 49.8 cm³/mol. The van der Waals surface area contributed by atoms with Gasteiger partial charge in [0, 0.05) is 18.3 Å². The third-order valence-corrected chi connectivity index (χ3v) is 1.51. The zero-order valence-corrected chi connectivity index (χ0v) is 7.57. The second-order valence-electron chi connectivity index (χ2n) is 2.64. The lowest BCUT2D eigenvalue weighted by molar-refractivity contribution is -0.384. The SMILES string of the molecule is CCNc1cc([N+](=O)[O-])cc(C)n1. The molecule has 0 saturated heterocycles. The van der Waals surface area contributed by atoms with Gasteiger partial charge in [0.2, 0.25) is 0 Å². The zero-order valence-electron chi connectivity index (χ0n) is 7.57. The zero-order chi connectivity index (χ0) is 9.84. The highest BCUT2D eigenvalue weighted by Crippen LogP contribution is 2.16. The van der Waals surface area contributed by atoms with Crippen molar-refractivity contribution in [3.8, 4) is 0 Å². The molecule has 0 fully saturated rings. The maximum Gasteiger partial charge on any atom is 0.274 e. The standard InChI is InChI=1S/C8H11N3O2/c1-3-9-8-5-7(11(12)13)4-6(2)10-8/h4-5H,3H2,1-2H3,(H,9,10). The average Bonchev–Trinajstić information content (AvgIpc) is 2.03. The van der Waals surface area contributed by atoms with Crippen LogP contribution in [0.1, 0.15) is 12.6 Å². The Hall–Kier alpha value is -1.65. The van der Waals surface area contributed by atoms with E-state index in [1.54, 1.807) is 6.92 Å². The molecule has 1 rings (SSSR count). The highest BCUT2D eigenvalue weighted by atomic mass is 16.6. The maximum absolute atomic E-state index is 10.5. The number of hydrogen-bond donors (Lipinski definition) is 1. The second kappa shape index (κ2) is 3.84. The van der Waals surface area contributed by atoms with E-state index in [-0.39, 0.29) is 5.69 Å². The molecule has 0 aromatic carbocycles. The quantitative estimate of drug-likeness (QED) is 0.569. The van der Waals surface area contributed by atoms with Gasteiger partial charge in [-0.2, -0.15) is 0 Å². The van der Waals surface area contributed by atoms with Crippen LogP contribution in [0.2, 0.25) is 0 Å². The van der Waals surface area contributed by atoms with Gasteiger partial charge in [0.15, 0.2) is 0 Å². The molecule has 0 aliphatic rings. The molecular weight excluding hydrogens is 170 g/mol. The number of anilines is 1. The van der Waals surface area contributed by atoms with Gasteiger partial charge in [-0.15, -0.1) is 0 Å².